The van der Waals surface area contributed by atoms with Gasteiger partial charge in [0.25, 0.3) is 0 Å². The first-order valence-electron chi connectivity index (χ1n) is 8.87. The molecule has 0 rings (SSSR count). The Balaban J connectivity index is 0. The largest absolute Gasteiger partial charge is 0.355 e. The van der Waals surface area contributed by atoms with E-state index in [4.69, 9.17) is 0 Å². The third-order valence-electron chi connectivity index (χ3n) is 3.96. The summed E-state index contributed by atoms with van der Waals surface area (Å²) < 4.78 is 25.7. The highest BCUT2D eigenvalue weighted by Gasteiger charge is 2.18. The molecule has 0 spiro atoms. The van der Waals surface area contributed by atoms with Crippen molar-refractivity contribution in [1.82, 2.24) is 19.8 Å². The minimum atomic E-state index is -3.20. The number of hydrogen-bond donors (Lipinski definition) is 2. The average Bonchev–Trinajstić information content (AvgIpc) is 2.49. The number of nitrogens with zero attached hydrogens (tertiary/aromatic N) is 3. The predicted molar refractivity (Wildman–Crippen MR) is 118 cm³/mol. The van der Waals surface area contributed by atoms with Crippen LogP contribution >= 0.6 is 24.0 Å². The topological polar surface area (TPSA) is 77.0 Å². The molecule has 25 heavy (non-hydrogen) atoms. The van der Waals surface area contributed by atoms with Crippen molar-refractivity contribution in [2.24, 2.45) is 4.99 Å². The van der Waals surface area contributed by atoms with Crippen molar-refractivity contribution < 1.29 is 8.42 Å². The van der Waals surface area contributed by atoms with Crippen LogP contribution in [-0.2, 0) is 10.0 Å². The molecule has 0 aromatic rings. The van der Waals surface area contributed by atoms with Crippen molar-refractivity contribution in [2.75, 3.05) is 45.5 Å². The molecule has 0 aromatic carbocycles. The van der Waals surface area contributed by atoms with Crippen LogP contribution in [-0.4, -0.2) is 81.2 Å². The Kier molecular flexibility index (Phi) is 15.2. The van der Waals surface area contributed by atoms with E-state index >= 15 is 0 Å². The van der Waals surface area contributed by atoms with Gasteiger partial charge in [-0.15, -0.1) is 24.0 Å². The zero-order valence-electron chi connectivity index (χ0n) is 16.9. The standard InChI is InChI=1S/C16H37N5O2S.HI/c1-8-20(9-2)24(22,23)13-11-19-16(17-7)18-10-12-21(14(3)4)15(5)6;/h14-15H,8-13H2,1-7H3,(H2,17,18,19);1H. The van der Waals surface area contributed by atoms with Gasteiger partial charge < -0.3 is 10.6 Å². The van der Waals surface area contributed by atoms with Gasteiger partial charge >= 0.3 is 0 Å². The molecule has 0 atom stereocenters. The van der Waals surface area contributed by atoms with Gasteiger partial charge in [0.15, 0.2) is 5.96 Å². The minimum absolute atomic E-state index is 0. The SMILES string of the molecule is CCN(CC)S(=O)(=O)CCNC(=NC)NCCN(C(C)C)C(C)C.I. The lowest BCUT2D eigenvalue weighted by molar-refractivity contribution is 0.178. The number of guanidine groups is 1. The van der Waals surface area contributed by atoms with Gasteiger partial charge in [0.05, 0.1) is 5.75 Å². The molecule has 0 aliphatic carbocycles. The van der Waals surface area contributed by atoms with E-state index in [-0.39, 0.29) is 29.7 Å². The first-order chi connectivity index (χ1) is 11.2. The highest BCUT2D eigenvalue weighted by atomic mass is 127. The Morgan fingerprint density at radius 2 is 1.48 bits per heavy atom. The van der Waals surface area contributed by atoms with Gasteiger partial charge in [-0.3, -0.25) is 9.89 Å². The van der Waals surface area contributed by atoms with Crippen LogP contribution in [0.1, 0.15) is 41.5 Å². The molecule has 0 bridgehead atoms. The van der Waals surface area contributed by atoms with Gasteiger partial charge in [0.1, 0.15) is 0 Å². The number of nitrogens with one attached hydrogen (secondary N) is 2. The number of rotatable bonds is 11. The first-order valence-corrected chi connectivity index (χ1v) is 10.5. The highest BCUT2D eigenvalue weighted by Crippen LogP contribution is 2.03. The molecule has 0 saturated carbocycles. The Bertz CT molecular complexity index is 457. The summed E-state index contributed by atoms with van der Waals surface area (Å²) in [5.74, 6) is 0.705. The molecule has 0 saturated heterocycles. The number of hydrogen-bond acceptors (Lipinski definition) is 4. The zero-order valence-corrected chi connectivity index (χ0v) is 20.0. The van der Waals surface area contributed by atoms with E-state index in [9.17, 15) is 8.42 Å². The monoisotopic (exact) mass is 491 g/mol. The molecule has 9 heteroatoms. The zero-order chi connectivity index (χ0) is 18.8. The van der Waals surface area contributed by atoms with Crippen molar-refractivity contribution in [3.8, 4) is 0 Å². The van der Waals surface area contributed by atoms with E-state index in [0.29, 0.717) is 37.7 Å². The average molecular weight is 491 g/mol. The van der Waals surface area contributed by atoms with E-state index in [0.717, 1.165) is 13.1 Å². The molecule has 7 nitrogen and oxygen atoms in total. The van der Waals surface area contributed by atoms with Gasteiger partial charge in [0.2, 0.25) is 10.0 Å². The van der Waals surface area contributed by atoms with E-state index in [2.05, 4.69) is 48.2 Å². The summed E-state index contributed by atoms with van der Waals surface area (Å²) in [7, 11) is -1.51. The molecule has 0 aliphatic heterocycles. The fourth-order valence-electron chi connectivity index (χ4n) is 2.68. The maximum atomic E-state index is 12.1. The molecule has 0 aliphatic rings. The molecule has 0 unspecified atom stereocenters. The van der Waals surface area contributed by atoms with E-state index in [1.165, 1.54) is 4.31 Å². The molecule has 2 N–H and O–H groups in total. The van der Waals surface area contributed by atoms with E-state index < -0.39 is 10.0 Å². The van der Waals surface area contributed by atoms with Crippen LogP contribution in [0.2, 0.25) is 0 Å². The molecule has 152 valence electrons. The molecule has 0 radical (unpaired) electrons. The quantitative estimate of drug-likeness (QED) is 0.261. The Labute approximate surface area is 172 Å². The predicted octanol–water partition coefficient (Wildman–Crippen LogP) is 1.56. The van der Waals surface area contributed by atoms with Crippen LogP contribution in [0.15, 0.2) is 4.99 Å². The third-order valence-corrected chi connectivity index (χ3v) is 5.99. The number of aliphatic imine (C=N–C) groups is 1. The van der Waals surface area contributed by atoms with Crippen LogP contribution in [0.25, 0.3) is 0 Å². The molecular formula is C16H38IN5O2S. The second-order valence-corrected chi connectivity index (χ2v) is 8.34. The lowest BCUT2D eigenvalue weighted by Gasteiger charge is -2.30. The van der Waals surface area contributed by atoms with Gasteiger partial charge in [-0.2, -0.15) is 0 Å². The van der Waals surface area contributed by atoms with Crippen molar-refractivity contribution >= 4 is 40.0 Å². The van der Waals surface area contributed by atoms with E-state index in [1.807, 2.05) is 13.8 Å². The lowest BCUT2D eigenvalue weighted by Crippen LogP contribution is -2.46. The maximum absolute atomic E-state index is 12.1. The number of sulfonamides is 1. The van der Waals surface area contributed by atoms with Crippen LogP contribution in [0.4, 0.5) is 0 Å². The summed E-state index contributed by atoms with van der Waals surface area (Å²) in [6.07, 6.45) is 0. The molecule has 0 aromatic heterocycles. The lowest BCUT2D eigenvalue weighted by atomic mass is 10.2. The fourth-order valence-corrected chi connectivity index (χ4v) is 4.09. The van der Waals surface area contributed by atoms with Crippen LogP contribution in [0.3, 0.4) is 0 Å². The Morgan fingerprint density at radius 1 is 1.00 bits per heavy atom. The Morgan fingerprint density at radius 3 is 1.88 bits per heavy atom. The third kappa shape index (κ3) is 10.6. The van der Waals surface area contributed by atoms with Crippen molar-refractivity contribution in [3.63, 3.8) is 0 Å². The normalized spacial score (nSPS) is 12.8. The Hall–Kier alpha value is -0.130. The summed E-state index contributed by atoms with van der Waals surface area (Å²) in [5, 5.41) is 6.32. The minimum Gasteiger partial charge on any atom is -0.355 e. The summed E-state index contributed by atoms with van der Waals surface area (Å²) in [5.41, 5.74) is 0. The van der Waals surface area contributed by atoms with Crippen LogP contribution < -0.4 is 10.6 Å². The van der Waals surface area contributed by atoms with Gasteiger partial charge in [-0.05, 0) is 27.7 Å². The van der Waals surface area contributed by atoms with Gasteiger partial charge in [0, 0.05) is 51.9 Å². The molecule has 0 amide bonds. The van der Waals surface area contributed by atoms with Crippen molar-refractivity contribution in [2.45, 2.75) is 53.6 Å². The second kappa shape index (κ2) is 14.0. The fraction of sp³-hybridized carbons (Fsp3) is 0.938. The van der Waals surface area contributed by atoms with Gasteiger partial charge in [-0.1, -0.05) is 13.8 Å². The van der Waals surface area contributed by atoms with Crippen LogP contribution in [0, 0.1) is 0 Å². The van der Waals surface area contributed by atoms with Crippen LogP contribution in [0.5, 0.6) is 0 Å². The summed E-state index contributed by atoms with van der Waals surface area (Å²) in [6.45, 7) is 15.5. The van der Waals surface area contributed by atoms with Gasteiger partial charge in [-0.25, -0.2) is 12.7 Å². The van der Waals surface area contributed by atoms with E-state index in [1.54, 1.807) is 7.05 Å². The molecule has 0 heterocycles. The number of halogens is 1. The summed E-state index contributed by atoms with van der Waals surface area (Å²) in [4.78, 5) is 6.54. The molecule has 0 fully saturated rings. The van der Waals surface area contributed by atoms with Crippen molar-refractivity contribution in [3.05, 3.63) is 0 Å². The highest BCUT2D eigenvalue weighted by molar-refractivity contribution is 14.0. The maximum Gasteiger partial charge on any atom is 0.215 e. The first kappa shape index (κ1) is 27.1. The summed E-state index contributed by atoms with van der Waals surface area (Å²) >= 11 is 0. The second-order valence-electron chi connectivity index (χ2n) is 6.25. The molecular weight excluding hydrogens is 453 g/mol. The smallest absolute Gasteiger partial charge is 0.215 e. The van der Waals surface area contributed by atoms with Crippen molar-refractivity contribution in [1.29, 1.82) is 0 Å². The summed E-state index contributed by atoms with van der Waals surface area (Å²) in [6, 6.07) is 0.974.